The fourth-order valence-electron chi connectivity index (χ4n) is 1.72. The molecule has 124 valence electrons. The van der Waals surface area contributed by atoms with Crippen LogP contribution < -0.4 is 5.32 Å². The molecule has 1 amide bonds. The topological polar surface area (TPSA) is 68.3 Å². The number of nitrogens with one attached hydrogen (secondary N) is 1. The molecule has 1 N–H and O–H groups in total. The van der Waals surface area contributed by atoms with E-state index < -0.39 is 18.0 Å². The minimum atomic E-state index is -1.01. The fourth-order valence-corrected chi connectivity index (χ4v) is 2.15. The van der Waals surface area contributed by atoms with Crippen molar-refractivity contribution in [2.24, 2.45) is 0 Å². The van der Waals surface area contributed by atoms with Gasteiger partial charge in [-0.25, -0.2) is 9.78 Å². The second-order valence-corrected chi connectivity index (χ2v) is 5.64. The van der Waals surface area contributed by atoms with Gasteiger partial charge in [-0.2, -0.15) is 0 Å². The van der Waals surface area contributed by atoms with Crippen molar-refractivity contribution in [3.05, 3.63) is 64.3 Å². The van der Waals surface area contributed by atoms with Gasteiger partial charge in [0.2, 0.25) is 0 Å². The smallest absolute Gasteiger partial charge is 0.331 e. The Hall–Kier alpha value is -2.37. The Morgan fingerprint density at radius 3 is 2.62 bits per heavy atom. The van der Waals surface area contributed by atoms with Crippen molar-refractivity contribution in [3.63, 3.8) is 0 Å². The molecule has 0 radical (unpaired) electrons. The number of benzene rings is 1. The van der Waals surface area contributed by atoms with Gasteiger partial charge >= 0.3 is 5.97 Å². The minimum absolute atomic E-state index is 0.147. The van der Waals surface area contributed by atoms with E-state index in [0.717, 1.165) is 5.56 Å². The van der Waals surface area contributed by atoms with Gasteiger partial charge in [0.15, 0.2) is 11.9 Å². The lowest BCUT2D eigenvalue weighted by atomic mass is 10.2. The fraction of sp³-hybridized carbons (Fsp3) is 0.118. The third kappa shape index (κ3) is 5.37. The number of amides is 1. The summed E-state index contributed by atoms with van der Waals surface area (Å²) in [5.74, 6) is -1.03. The highest BCUT2D eigenvalue weighted by Gasteiger charge is 2.18. The lowest BCUT2D eigenvalue weighted by Crippen LogP contribution is -2.29. The van der Waals surface area contributed by atoms with Crippen LogP contribution in [-0.2, 0) is 14.3 Å². The summed E-state index contributed by atoms with van der Waals surface area (Å²) in [5, 5.41) is 3.02. The first-order valence-corrected chi connectivity index (χ1v) is 7.77. The van der Waals surface area contributed by atoms with E-state index in [1.807, 2.05) is 30.3 Å². The van der Waals surface area contributed by atoms with Crippen molar-refractivity contribution in [3.8, 4) is 0 Å². The van der Waals surface area contributed by atoms with Crippen molar-refractivity contribution in [2.75, 3.05) is 5.32 Å². The van der Waals surface area contributed by atoms with Gasteiger partial charge < -0.3 is 10.1 Å². The summed E-state index contributed by atoms with van der Waals surface area (Å²) in [6.07, 6.45) is 3.20. The molecule has 0 aliphatic rings. The van der Waals surface area contributed by atoms with E-state index >= 15 is 0 Å². The normalized spacial score (nSPS) is 12.0. The number of rotatable bonds is 5. The third-order valence-electron chi connectivity index (χ3n) is 2.92. The van der Waals surface area contributed by atoms with Gasteiger partial charge in [0.05, 0.1) is 10.0 Å². The molecule has 1 atom stereocenters. The average Bonchev–Trinajstić information content (AvgIpc) is 2.56. The van der Waals surface area contributed by atoms with Crippen molar-refractivity contribution < 1.29 is 14.3 Å². The van der Waals surface area contributed by atoms with E-state index in [-0.39, 0.29) is 10.8 Å². The van der Waals surface area contributed by atoms with Gasteiger partial charge in [-0.05, 0) is 24.6 Å². The highest BCUT2D eigenvalue weighted by molar-refractivity contribution is 6.36. The Kier molecular flexibility index (Phi) is 6.35. The monoisotopic (exact) mass is 364 g/mol. The van der Waals surface area contributed by atoms with Crippen LogP contribution in [0.1, 0.15) is 12.5 Å². The predicted molar refractivity (Wildman–Crippen MR) is 93.9 cm³/mol. The van der Waals surface area contributed by atoms with Crippen LogP contribution in [0.5, 0.6) is 0 Å². The number of carbonyl (C=O) groups is 2. The Bertz CT molecular complexity index is 764. The van der Waals surface area contributed by atoms with Crippen molar-refractivity contribution >= 4 is 47.0 Å². The molecule has 1 aromatic carbocycles. The third-order valence-corrected chi connectivity index (χ3v) is 3.42. The van der Waals surface area contributed by atoms with Gasteiger partial charge in [-0.3, -0.25) is 4.79 Å². The van der Waals surface area contributed by atoms with Crippen molar-refractivity contribution in [2.45, 2.75) is 13.0 Å². The molecule has 1 heterocycles. The van der Waals surface area contributed by atoms with Crippen LogP contribution in [0.15, 0.2) is 48.7 Å². The number of esters is 1. The summed E-state index contributed by atoms with van der Waals surface area (Å²) in [7, 11) is 0. The molecule has 0 bridgehead atoms. The standard InChI is InChI=1S/C17H14Cl2N2O3/c1-11(17(23)21-16-14(19)9-13(18)10-20-16)24-15(22)8-7-12-5-3-2-4-6-12/h2-11H,1H3,(H,20,21,23)/b8-7+/t11-/m0/s1. The van der Waals surface area contributed by atoms with E-state index in [0.29, 0.717) is 5.02 Å². The first kappa shape index (κ1) is 18.0. The van der Waals surface area contributed by atoms with Gasteiger partial charge in [0.1, 0.15) is 0 Å². The number of pyridine rings is 1. The van der Waals surface area contributed by atoms with E-state index in [1.54, 1.807) is 6.08 Å². The summed E-state index contributed by atoms with van der Waals surface area (Å²) in [4.78, 5) is 27.7. The van der Waals surface area contributed by atoms with E-state index in [2.05, 4.69) is 10.3 Å². The van der Waals surface area contributed by atoms with E-state index in [9.17, 15) is 9.59 Å². The number of aromatic nitrogens is 1. The van der Waals surface area contributed by atoms with E-state index in [1.165, 1.54) is 25.3 Å². The Morgan fingerprint density at radius 2 is 1.96 bits per heavy atom. The average molecular weight is 365 g/mol. The van der Waals surface area contributed by atoms with Crippen LogP contribution in [0.4, 0.5) is 5.82 Å². The summed E-state index contributed by atoms with van der Waals surface area (Å²) >= 11 is 11.7. The molecule has 0 spiro atoms. The molecule has 5 nitrogen and oxygen atoms in total. The SMILES string of the molecule is C[C@H](OC(=O)/C=C/c1ccccc1)C(=O)Nc1ncc(Cl)cc1Cl. The summed E-state index contributed by atoms with van der Waals surface area (Å²) < 4.78 is 5.03. The number of anilines is 1. The van der Waals surface area contributed by atoms with Crippen LogP contribution in [0.3, 0.4) is 0 Å². The summed E-state index contributed by atoms with van der Waals surface area (Å²) in [6.45, 7) is 1.45. The molecule has 2 rings (SSSR count). The molecule has 0 saturated heterocycles. The Balaban J connectivity index is 1.91. The number of nitrogens with zero attached hydrogens (tertiary/aromatic N) is 1. The van der Waals surface area contributed by atoms with Crippen molar-refractivity contribution in [1.29, 1.82) is 0 Å². The second-order valence-electron chi connectivity index (χ2n) is 4.80. The van der Waals surface area contributed by atoms with Gasteiger partial charge in [-0.1, -0.05) is 53.5 Å². The zero-order chi connectivity index (χ0) is 17.5. The lowest BCUT2D eigenvalue weighted by Gasteiger charge is -2.12. The van der Waals surface area contributed by atoms with Gasteiger partial charge in [0.25, 0.3) is 5.91 Å². The summed E-state index contributed by atoms with van der Waals surface area (Å²) in [6, 6.07) is 10.7. The number of carbonyl (C=O) groups excluding carboxylic acids is 2. The van der Waals surface area contributed by atoms with Crippen molar-refractivity contribution in [1.82, 2.24) is 4.98 Å². The molecule has 0 saturated carbocycles. The number of ether oxygens (including phenoxy) is 1. The molecule has 7 heteroatoms. The maximum Gasteiger partial charge on any atom is 0.331 e. The quantitative estimate of drug-likeness (QED) is 0.643. The van der Waals surface area contributed by atoms with E-state index in [4.69, 9.17) is 27.9 Å². The maximum atomic E-state index is 12.0. The highest BCUT2D eigenvalue weighted by atomic mass is 35.5. The van der Waals surface area contributed by atoms with Crippen LogP contribution >= 0.6 is 23.2 Å². The molecule has 24 heavy (non-hydrogen) atoms. The molecular formula is C17H14Cl2N2O3. The van der Waals surface area contributed by atoms with Crippen LogP contribution in [-0.4, -0.2) is 23.0 Å². The van der Waals surface area contributed by atoms with Crippen LogP contribution in [0.2, 0.25) is 10.0 Å². The molecule has 0 aliphatic carbocycles. The highest BCUT2D eigenvalue weighted by Crippen LogP contribution is 2.22. The predicted octanol–water partition coefficient (Wildman–Crippen LogP) is 3.97. The largest absolute Gasteiger partial charge is 0.449 e. The molecule has 0 fully saturated rings. The number of hydrogen-bond donors (Lipinski definition) is 1. The zero-order valence-corrected chi connectivity index (χ0v) is 14.2. The lowest BCUT2D eigenvalue weighted by molar-refractivity contribution is -0.148. The second kappa shape index (κ2) is 8.47. The van der Waals surface area contributed by atoms with Gasteiger partial charge in [0, 0.05) is 12.3 Å². The first-order valence-electron chi connectivity index (χ1n) is 7.01. The van der Waals surface area contributed by atoms with Gasteiger partial charge in [-0.15, -0.1) is 0 Å². The molecule has 0 aliphatic heterocycles. The number of halogens is 2. The molecule has 2 aromatic rings. The molecule has 1 aromatic heterocycles. The van der Waals surface area contributed by atoms with Crippen LogP contribution in [0, 0.1) is 0 Å². The van der Waals surface area contributed by atoms with Crippen LogP contribution in [0.25, 0.3) is 6.08 Å². The Morgan fingerprint density at radius 1 is 1.25 bits per heavy atom. The number of hydrogen-bond acceptors (Lipinski definition) is 4. The maximum absolute atomic E-state index is 12.0. The minimum Gasteiger partial charge on any atom is -0.449 e. The zero-order valence-electron chi connectivity index (χ0n) is 12.7. The Labute approximate surface area is 149 Å². The first-order chi connectivity index (χ1) is 11.5. The molecular weight excluding hydrogens is 351 g/mol. The summed E-state index contributed by atoms with van der Waals surface area (Å²) in [5.41, 5.74) is 0.851. The molecule has 0 unspecified atom stereocenters.